The summed E-state index contributed by atoms with van der Waals surface area (Å²) in [6, 6.07) is 7.16. The third kappa shape index (κ3) is 2.15. The van der Waals surface area contributed by atoms with Gasteiger partial charge in [-0.3, -0.25) is 9.48 Å². The highest BCUT2D eigenvalue weighted by Gasteiger charge is 1.99. The van der Waals surface area contributed by atoms with Crippen LogP contribution < -0.4 is 5.56 Å². The maximum absolute atomic E-state index is 11.4. The summed E-state index contributed by atoms with van der Waals surface area (Å²) in [6.07, 6.45) is 4.39. The Morgan fingerprint density at radius 1 is 1.33 bits per heavy atom. The Hall–Kier alpha value is -1.84. The normalized spacial score (nSPS) is 10.5. The first-order chi connectivity index (χ1) is 7.27. The first-order valence-corrected chi connectivity index (χ1v) is 4.90. The van der Waals surface area contributed by atoms with Crippen molar-refractivity contribution >= 4 is 0 Å². The molecule has 0 fully saturated rings. The van der Waals surface area contributed by atoms with Gasteiger partial charge in [0, 0.05) is 44.2 Å². The van der Waals surface area contributed by atoms with Crippen LogP contribution >= 0.6 is 0 Å². The highest BCUT2D eigenvalue weighted by Crippen LogP contribution is 1.98. The molecule has 4 nitrogen and oxygen atoms in total. The van der Waals surface area contributed by atoms with E-state index in [0.717, 1.165) is 12.1 Å². The van der Waals surface area contributed by atoms with Crippen LogP contribution in [0.4, 0.5) is 0 Å². The average molecular weight is 203 g/mol. The molecule has 0 aliphatic carbocycles. The van der Waals surface area contributed by atoms with Crippen LogP contribution in [-0.4, -0.2) is 14.3 Å². The zero-order chi connectivity index (χ0) is 10.7. The van der Waals surface area contributed by atoms with E-state index in [2.05, 4.69) is 5.10 Å². The van der Waals surface area contributed by atoms with Gasteiger partial charge in [0.05, 0.1) is 0 Å². The molecule has 0 aliphatic rings. The maximum atomic E-state index is 11.4. The molecule has 0 aliphatic heterocycles. The minimum Gasteiger partial charge on any atom is -0.315 e. The molecule has 2 heterocycles. The molecule has 2 rings (SSSR count). The fourth-order valence-corrected chi connectivity index (χ4v) is 1.53. The third-order valence-electron chi connectivity index (χ3n) is 2.43. The summed E-state index contributed by atoms with van der Waals surface area (Å²) in [7, 11) is 1.91. The van der Waals surface area contributed by atoms with E-state index < -0.39 is 0 Å². The summed E-state index contributed by atoms with van der Waals surface area (Å²) in [5, 5.41) is 4.08. The van der Waals surface area contributed by atoms with Gasteiger partial charge >= 0.3 is 0 Å². The number of aryl methyl sites for hydroxylation is 3. The molecule has 4 heteroatoms. The van der Waals surface area contributed by atoms with E-state index in [9.17, 15) is 4.79 Å². The second kappa shape index (κ2) is 4.13. The van der Waals surface area contributed by atoms with E-state index in [-0.39, 0.29) is 5.56 Å². The highest BCUT2D eigenvalue weighted by molar-refractivity contribution is 5.00. The Bertz CT molecular complexity index is 498. The lowest BCUT2D eigenvalue weighted by atomic mass is 10.3. The molecule has 0 saturated heterocycles. The first-order valence-electron chi connectivity index (χ1n) is 4.90. The van der Waals surface area contributed by atoms with Gasteiger partial charge in [-0.25, -0.2) is 0 Å². The standard InChI is InChI=1S/C11H13N3O/c1-13-10(5-7-12-13)6-9-14-8-3-2-4-11(14)15/h2-5,7-8H,6,9H2,1H3. The van der Waals surface area contributed by atoms with Crippen molar-refractivity contribution in [3.8, 4) is 0 Å². The van der Waals surface area contributed by atoms with E-state index >= 15 is 0 Å². The van der Waals surface area contributed by atoms with Gasteiger partial charge in [0.15, 0.2) is 0 Å². The Labute approximate surface area is 87.8 Å². The van der Waals surface area contributed by atoms with Crippen LogP contribution in [0, 0.1) is 0 Å². The second-order valence-corrected chi connectivity index (χ2v) is 3.43. The zero-order valence-electron chi connectivity index (χ0n) is 8.63. The average Bonchev–Trinajstić information content (AvgIpc) is 2.63. The first kappa shape index (κ1) is 9.71. The third-order valence-corrected chi connectivity index (χ3v) is 2.43. The Morgan fingerprint density at radius 2 is 2.20 bits per heavy atom. The van der Waals surface area contributed by atoms with Gasteiger partial charge in [-0.1, -0.05) is 6.07 Å². The zero-order valence-corrected chi connectivity index (χ0v) is 8.63. The molecule has 0 aromatic carbocycles. The summed E-state index contributed by atoms with van der Waals surface area (Å²) in [4.78, 5) is 11.4. The summed E-state index contributed by atoms with van der Waals surface area (Å²) in [6.45, 7) is 0.694. The molecule has 0 saturated carbocycles. The molecule has 0 radical (unpaired) electrons. The topological polar surface area (TPSA) is 39.8 Å². The van der Waals surface area contributed by atoms with Gasteiger partial charge in [0.25, 0.3) is 5.56 Å². The van der Waals surface area contributed by atoms with E-state index in [1.807, 2.05) is 23.9 Å². The van der Waals surface area contributed by atoms with Crippen LogP contribution in [0.2, 0.25) is 0 Å². The molecule has 2 aromatic rings. The molecule has 78 valence electrons. The number of pyridine rings is 1. The monoisotopic (exact) mass is 203 g/mol. The molecule has 0 unspecified atom stereocenters. The predicted molar refractivity (Wildman–Crippen MR) is 57.6 cm³/mol. The Kier molecular flexibility index (Phi) is 2.67. The number of rotatable bonds is 3. The van der Waals surface area contributed by atoms with Crippen LogP contribution in [-0.2, 0) is 20.0 Å². The van der Waals surface area contributed by atoms with E-state index in [1.165, 1.54) is 0 Å². The molecule has 0 amide bonds. The van der Waals surface area contributed by atoms with Gasteiger partial charge < -0.3 is 4.57 Å². The summed E-state index contributed by atoms with van der Waals surface area (Å²) >= 11 is 0. The molecule has 0 bridgehead atoms. The van der Waals surface area contributed by atoms with Crippen LogP contribution in [0.3, 0.4) is 0 Å². The van der Waals surface area contributed by atoms with Crippen molar-refractivity contribution in [2.45, 2.75) is 13.0 Å². The van der Waals surface area contributed by atoms with Gasteiger partial charge in [0.1, 0.15) is 0 Å². The SMILES string of the molecule is Cn1nccc1CCn1ccccc1=O. The van der Waals surface area contributed by atoms with Crippen molar-refractivity contribution in [3.05, 3.63) is 52.7 Å². The van der Waals surface area contributed by atoms with Crippen molar-refractivity contribution in [1.29, 1.82) is 0 Å². The van der Waals surface area contributed by atoms with Gasteiger partial charge in [-0.2, -0.15) is 5.10 Å². The van der Waals surface area contributed by atoms with Gasteiger partial charge in [-0.05, 0) is 12.1 Å². The smallest absolute Gasteiger partial charge is 0.250 e. The molecule has 0 atom stereocenters. The van der Waals surface area contributed by atoms with Crippen molar-refractivity contribution < 1.29 is 0 Å². The molecule has 0 spiro atoms. The minimum absolute atomic E-state index is 0.0414. The number of nitrogens with zero attached hydrogens (tertiary/aromatic N) is 3. The molecular formula is C11H13N3O. The van der Waals surface area contributed by atoms with Crippen molar-refractivity contribution in [1.82, 2.24) is 14.3 Å². The molecule has 15 heavy (non-hydrogen) atoms. The fourth-order valence-electron chi connectivity index (χ4n) is 1.53. The molecule has 2 aromatic heterocycles. The fraction of sp³-hybridized carbons (Fsp3) is 0.273. The quantitative estimate of drug-likeness (QED) is 0.741. The van der Waals surface area contributed by atoms with E-state index in [4.69, 9.17) is 0 Å². The van der Waals surface area contributed by atoms with Crippen molar-refractivity contribution in [2.24, 2.45) is 7.05 Å². The molecular weight excluding hydrogens is 190 g/mol. The van der Waals surface area contributed by atoms with Gasteiger partial charge in [0.2, 0.25) is 0 Å². The second-order valence-electron chi connectivity index (χ2n) is 3.43. The van der Waals surface area contributed by atoms with Crippen molar-refractivity contribution in [3.63, 3.8) is 0 Å². The van der Waals surface area contributed by atoms with Gasteiger partial charge in [-0.15, -0.1) is 0 Å². The molecule has 0 N–H and O–H groups in total. The summed E-state index contributed by atoms with van der Waals surface area (Å²) in [5.74, 6) is 0. The van der Waals surface area contributed by atoms with Crippen LogP contribution in [0.25, 0.3) is 0 Å². The lowest BCUT2D eigenvalue weighted by molar-refractivity contribution is 0.622. The lowest BCUT2D eigenvalue weighted by Gasteiger charge is -2.04. The Morgan fingerprint density at radius 3 is 2.87 bits per heavy atom. The summed E-state index contributed by atoms with van der Waals surface area (Å²) in [5.41, 5.74) is 1.17. The minimum atomic E-state index is 0.0414. The number of hydrogen-bond acceptors (Lipinski definition) is 2. The number of aromatic nitrogens is 3. The van der Waals surface area contributed by atoms with E-state index in [0.29, 0.717) is 6.54 Å². The van der Waals surface area contributed by atoms with Crippen LogP contribution in [0.1, 0.15) is 5.69 Å². The highest BCUT2D eigenvalue weighted by atomic mass is 16.1. The summed E-state index contributed by atoms with van der Waals surface area (Å²) < 4.78 is 3.53. The van der Waals surface area contributed by atoms with Crippen LogP contribution in [0.15, 0.2) is 41.5 Å². The van der Waals surface area contributed by atoms with Crippen molar-refractivity contribution in [2.75, 3.05) is 0 Å². The Balaban J connectivity index is 2.09. The maximum Gasteiger partial charge on any atom is 0.250 e. The lowest BCUT2D eigenvalue weighted by Crippen LogP contribution is -2.19. The predicted octanol–water partition coefficient (Wildman–Crippen LogP) is 0.825. The van der Waals surface area contributed by atoms with E-state index in [1.54, 1.807) is 29.1 Å². The number of hydrogen-bond donors (Lipinski definition) is 0. The van der Waals surface area contributed by atoms with Crippen LogP contribution in [0.5, 0.6) is 0 Å². The largest absolute Gasteiger partial charge is 0.315 e.